The minimum atomic E-state index is -0.432. The first-order chi connectivity index (χ1) is 17.0. The molecule has 1 amide bonds. The first-order valence-corrected chi connectivity index (χ1v) is 11.7. The molecule has 0 bridgehead atoms. The predicted molar refractivity (Wildman–Crippen MR) is 141 cm³/mol. The predicted octanol–water partition coefficient (Wildman–Crippen LogP) is 5.78. The van der Waals surface area contributed by atoms with E-state index in [9.17, 15) is 9.90 Å². The van der Waals surface area contributed by atoms with Crippen molar-refractivity contribution in [2.24, 2.45) is 5.10 Å². The molecule has 0 saturated carbocycles. The van der Waals surface area contributed by atoms with Crippen molar-refractivity contribution in [3.05, 3.63) is 106 Å². The van der Waals surface area contributed by atoms with Crippen LogP contribution in [0.1, 0.15) is 21.5 Å². The number of carbonyl (C=O) groups excluding carboxylic acids is 1. The molecule has 3 N–H and O–H groups in total. The van der Waals surface area contributed by atoms with E-state index in [0.29, 0.717) is 18.7 Å². The third-order valence-electron chi connectivity index (χ3n) is 5.28. The third kappa shape index (κ3) is 6.51. The van der Waals surface area contributed by atoms with Crippen molar-refractivity contribution in [3.63, 3.8) is 0 Å². The number of nitrogens with zero attached hydrogens (tertiary/aromatic N) is 1. The maximum atomic E-state index is 12.3. The van der Waals surface area contributed by atoms with E-state index in [-0.39, 0.29) is 10.8 Å². The summed E-state index contributed by atoms with van der Waals surface area (Å²) < 4.78 is 6.02. The van der Waals surface area contributed by atoms with Gasteiger partial charge in [-0.2, -0.15) is 5.10 Å². The highest BCUT2D eigenvalue weighted by Crippen LogP contribution is 2.28. The van der Waals surface area contributed by atoms with Crippen LogP contribution >= 0.6 is 23.2 Å². The number of hydrazone groups is 1. The topological polar surface area (TPSA) is 83.0 Å². The molecule has 0 aliphatic carbocycles. The highest BCUT2D eigenvalue weighted by atomic mass is 35.5. The van der Waals surface area contributed by atoms with E-state index in [4.69, 9.17) is 27.9 Å². The minimum Gasteiger partial charge on any atom is -0.506 e. The Hall–Kier alpha value is -3.58. The number of carbonyl (C=O) groups is 1. The van der Waals surface area contributed by atoms with E-state index in [1.165, 1.54) is 18.2 Å². The quantitative estimate of drug-likeness (QED) is 0.152. The van der Waals surface area contributed by atoms with Gasteiger partial charge in [-0.1, -0.05) is 59.6 Å². The Bertz CT molecular complexity index is 1360. The monoisotopic (exact) mass is 507 g/mol. The maximum Gasteiger partial charge on any atom is 0.271 e. The van der Waals surface area contributed by atoms with Crippen molar-refractivity contribution in [3.8, 4) is 11.5 Å². The largest absolute Gasteiger partial charge is 0.506 e. The summed E-state index contributed by atoms with van der Waals surface area (Å²) in [6.45, 7) is 1.93. The lowest BCUT2D eigenvalue weighted by Crippen LogP contribution is -2.20. The molecule has 0 aliphatic heterocycles. The van der Waals surface area contributed by atoms with Gasteiger partial charge >= 0.3 is 0 Å². The van der Waals surface area contributed by atoms with Crippen LogP contribution in [0, 0.1) is 0 Å². The standard InChI is InChI=1S/C27H23Cl2N3O3/c28-21-9-5-18(6-10-21)16-30-13-14-35-26-12-8-20(22-3-1-2-4-23(22)26)17-31-32-27(34)19-7-11-25(33)24(29)15-19/h1-12,15,17,30,33H,13-14,16H2,(H,32,34)/b31-17+. The number of fused-ring (bicyclic) bond motifs is 1. The molecule has 0 heterocycles. The third-order valence-corrected chi connectivity index (χ3v) is 5.83. The number of aromatic hydroxyl groups is 1. The summed E-state index contributed by atoms with van der Waals surface area (Å²) >= 11 is 11.8. The van der Waals surface area contributed by atoms with Crippen LogP contribution in [-0.4, -0.2) is 30.4 Å². The molecule has 35 heavy (non-hydrogen) atoms. The summed E-state index contributed by atoms with van der Waals surface area (Å²) in [6.07, 6.45) is 1.58. The molecule has 6 nitrogen and oxygen atoms in total. The van der Waals surface area contributed by atoms with Crippen LogP contribution in [0.3, 0.4) is 0 Å². The number of amides is 1. The molecule has 0 aliphatic rings. The van der Waals surface area contributed by atoms with Crippen molar-refractivity contribution in [2.75, 3.05) is 13.2 Å². The molecule has 4 aromatic carbocycles. The van der Waals surface area contributed by atoms with Gasteiger partial charge in [0.1, 0.15) is 18.1 Å². The zero-order valence-electron chi connectivity index (χ0n) is 18.7. The van der Waals surface area contributed by atoms with Crippen molar-refractivity contribution in [1.29, 1.82) is 0 Å². The Morgan fingerprint density at radius 3 is 2.51 bits per heavy atom. The van der Waals surface area contributed by atoms with Gasteiger partial charge in [0.05, 0.1) is 11.2 Å². The molecule has 4 aromatic rings. The number of phenols is 1. The summed E-state index contributed by atoms with van der Waals surface area (Å²) in [5.41, 5.74) is 4.76. The molecule has 0 unspecified atom stereocenters. The zero-order chi connectivity index (χ0) is 24.6. The van der Waals surface area contributed by atoms with Crippen LogP contribution in [0.15, 0.2) is 84.0 Å². The summed E-state index contributed by atoms with van der Waals surface area (Å²) in [6, 6.07) is 23.6. The first-order valence-electron chi connectivity index (χ1n) is 10.9. The fourth-order valence-corrected chi connectivity index (χ4v) is 3.78. The van der Waals surface area contributed by atoms with Crippen LogP contribution in [0.25, 0.3) is 10.8 Å². The van der Waals surface area contributed by atoms with Crippen LogP contribution in [0.5, 0.6) is 11.5 Å². The van der Waals surface area contributed by atoms with E-state index in [2.05, 4.69) is 15.8 Å². The van der Waals surface area contributed by atoms with Gasteiger partial charge in [-0.05, 0) is 53.4 Å². The lowest BCUT2D eigenvalue weighted by molar-refractivity contribution is 0.0955. The molecular formula is C27H23Cl2N3O3. The molecule has 0 aromatic heterocycles. The summed E-state index contributed by atoms with van der Waals surface area (Å²) in [5.74, 6) is 0.255. The molecule has 0 atom stereocenters. The Morgan fingerprint density at radius 2 is 1.74 bits per heavy atom. The molecule has 0 saturated heterocycles. The Balaban J connectivity index is 1.36. The normalized spacial score (nSPS) is 11.1. The van der Waals surface area contributed by atoms with Crippen molar-refractivity contribution >= 4 is 46.1 Å². The first kappa shape index (κ1) is 24.5. The maximum absolute atomic E-state index is 12.3. The average molecular weight is 508 g/mol. The van der Waals surface area contributed by atoms with Crippen LogP contribution in [0.4, 0.5) is 0 Å². The summed E-state index contributed by atoms with van der Waals surface area (Å²) in [4.78, 5) is 12.3. The van der Waals surface area contributed by atoms with E-state index in [0.717, 1.165) is 39.2 Å². The zero-order valence-corrected chi connectivity index (χ0v) is 20.2. The van der Waals surface area contributed by atoms with Gasteiger partial charge in [-0.25, -0.2) is 5.43 Å². The van der Waals surface area contributed by atoms with E-state index in [1.807, 2.05) is 60.7 Å². The molecule has 8 heteroatoms. The molecule has 0 spiro atoms. The fourth-order valence-electron chi connectivity index (χ4n) is 3.47. The van der Waals surface area contributed by atoms with Crippen molar-refractivity contribution < 1.29 is 14.6 Å². The number of benzene rings is 4. The van der Waals surface area contributed by atoms with Gasteiger partial charge < -0.3 is 15.2 Å². The number of ether oxygens (including phenoxy) is 1. The number of nitrogens with one attached hydrogen (secondary N) is 2. The fraction of sp³-hybridized carbons (Fsp3) is 0.111. The molecular weight excluding hydrogens is 485 g/mol. The molecule has 0 fully saturated rings. The minimum absolute atomic E-state index is 0.0853. The number of hydrogen-bond acceptors (Lipinski definition) is 5. The highest BCUT2D eigenvalue weighted by molar-refractivity contribution is 6.32. The smallest absolute Gasteiger partial charge is 0.271 e. The lowest BCUT2D eigenvalue weighted by atomic mass is 10.0. The van der Waals surface area contributed by atoms with Crippen molar-refractivity contribution in [2.45, 2.75) is 6.54 Å². The highest BCUT2D eigenvalue weighted by Gasteiger charge is 2.08. The van der Waals surface area contributed by atoms with E-state index in [1.54, 1.807) is 6.21 Å². The van der Waals surface area contributed by atoms with Crippen molar-refractivity contribution in [1.82, 2.24) is 10.7 Å². The van der Waals surface area contributed by atoms with Gasteiger partial charge in [0.15, 0.2) is 0 Å². The number of rotatable bonds is 9. The van der Waals surface area contributed by atoms with Crippen LogP contribution < -0.4 is 15.5 Å². The molecule has 0 radical (unpaired) electrons. The van der Waals surface area contributed by atoms with Gasteiger partial charge in [-0.15, -0.1) is 0 Å². The Kier molecular flexibility index (Phi) is 8.21. The van der Waals surface area contributed by atoms with E-state index >= 15 is 0 Å². The number of hydrogen-bond donors (Lipinski definition) is 3. The molecule has 4 rings (SSSR count). The van der Waals surface area contributed by atoms with Gasteiger partial charge in [-0.3, -0.25) is 4.79 Å². The van der Waals surface area contributed by atoms with Gasteiger partial charge in [0.25, 0.3) is 5.91 Å². The summed E-state index contributed by atoms with van der Waals surface area (Å²) in [7, 11) is 0. The second-order valence-electron chi connectivity index (χ2n) is 7.72. The Labute approximate surface area is 213 Å². The number of halogens is 2. The lowest BCUT2D eigenvalue weighted by Gasteiger charge is -2.12. The molecule has 178 valence electrons. The van der Waals surface area contributed by atoms with Gasteiger partial charge in [0, 0.05) is 34.6 Å². The van der Waals surface area contributed by atoms with Gasteiger partial charge in [0.2, 0.25) is 0 Å². The van der Waals surface area contributed by atoms with Crippen LogP contribution in [-0.2, 0) is 6.54 Å². The SMILES string of the molecule is O=C(N/N=C/c1ccc(OCCNCc2ccc(Cl)cc2)c2ccccc12)c1ccc(O)c(Cl)c1. The average Bonchev–Trinajstić information content (AvgIpc) is 2.87. The second-order valence-corrected chi connectivity index (χ2v) is 8.56. The van der Waals surface area contributed by atoms with Crippen LogP contribution in [0.2, 0.25) is 10.0 Å². The summed E-state index contributed by atoms with van der Waals surface area (Å²) in [5, 5.41) is 19.7. The van der Waals surface area contributed by atoms with E-state index < -0.39 is 5.91 Å². The number of phenolic OH excluding ortho intramolecular Hbond substituents is 1. The Morgan fingerprint density at radius 1 is 0.971 bits per heavy atom. The second kappa shape index (κ2) is 11.7.